The van der Waals surface area contributed by atoms with Crippen LogP contribution in [0, 0.1) is 0 Å². The van der Waals surface area contributed by atoms with E-state index < -0.39 is 0 Å². The van der Waals surface area contributed by atoms with E-state index in [0.717, 1.165) is 12.8 Å². The van der Waals surface area contributed by atoms with Gasteiger partial charge in [-0.1, -0.05) is 72.8 Å². The van der Waals surface area contributed by atoms with Crippen LogP contribution in [0.15, 0.2) is 72.8 Å². The first-order chi connectivity index (χ1) is 8.92. The average molecular weight is 232 g/mol. The molecule has 0 unspecified atom stereocenters. The smallest absolute Gasteiger partial charge is 0.0181 e. The fraction of sp³-hybridized carbons (Fsp3) is 0.111. The summed E-state index contributed by atoms with van der Waals surface area (Å²) in [5.74, 6) is 0. The molecule has 18 heavy (non-hydrogen) atoms. The number of aryl methyl sites for hydroxylation is 2. The Labute approximate surface area is 108 Å². The second kappa shape index (κ2) is 5.05. The van der Waals surface area contributed by atoms with Gasteiger partial charge in [-0.15, -0.1) is 0 Å². The number of hydrogen-bond acceptors (Lipinski definition) is 0. The maximum Gasteiger partial charge on any atom is -0.0181 e. The Morgan fingerprint density at radius 2 is 1.17 bits per heavy atom. The molecule has 3 aromatic rings. The molecule has 0 atom stereocenters. The Kier molecular flexibility index (Phi) is 3.10. The second-order valence-electron chi connectivity index (χ2n) is 4.67. The van der Waals surface area contributed by atoms with Crippen molar-refractivity contribution < 1.29 is 0 Å². The lowest BCUT2D eigenvalue weighted by molar-refractivity contribution is 0.962. The van der Waals surface area contributed by atoms with Gasteiger partial charge in [-0.25, -0.2) is 0 Å². The van der Waals surface area contributed by atoms with Crippen LogP contribution in [0.2, 0.25) is 0 Å². The van der Waals surface area contributed by atoms with Gasteiger partial charge in [0.1, 0.15) is 0 Å². The zero-order valence-corrected chi connectivity index (χ0v) is 10.3. The fourth-order valence-corrected chi connectivity index (χ4v) is 2.33. The number of fused-ring (bicyclic) bond motifs is 1. The van der Waals surface area contributed by atoms with Crippen LogP contribution in [-0.4, -0.2) is 0 Å². The SMILES string of the molecule is c1ccc(CCc2ccc3ccccc3c2)cc1. The molecule has 0 radical (unpaired) electrons. The maximum absolute atomic E-state index is 2.30. The van der Waals surface area contributed by atoms with Crippen LogP contribution in [-0.2, 0) is 12.8 Å². The summed E-state index contributed by atoms with van der Waals surface area (Å²) in [5, 5.41) is 2.66. The molecule has 0 fully saturated rings. The summed E-state index contributed by atoms with van der Waals surface area (Å²) in [6.45, 7) is 0. The van der Waals surface area contributed by atoms with Crippen molar-refractivity contribution in [2.45, 2.75) is 12.8 Å². The highest BCUT2D eigenvalue weighted by Crippen LogP contribution is 2.17. The fourth-order valence-electron chi connectivity index (χ4n) is 2.33. The molecule has 0 aliphatic carbocycles. The van der Waals surface area contributed by atoms with Crippen molar-refractivity contribution >= 4 is 10.8 Å². The van der Waals surface area contributed by atoms with Crippen LogP contribution < -0.4 is 0 Å². The van der Waals surface area contributed by atoms with Gasteiger partial charge in [-0.2, -0.15) is 0 Å². The minimum Gasteiger partial charge on any atom is -0.0622 e. The van der Waals surface area contributed by atoms with E-state index in [1.165, 1.54) is 21.9 Å². The first-order valence-electron chi connectivity index (χ1n) is 6.43. The van der Waals surface area contributed by atoms with E-state index >= 15 is 0 Å². The van der Waals surface area contributed by atoms with Gasteiger partial charge < -0.3 is 0 Å². The predicted molar refractivity (Wildman–Crippen MR) is 77.8 cm³/mol. The third kappa shape index (κ3) is 2.43. The van der Waals surface area contributed by atoms with Gasteiger partial charge in [-0.3, -0.25) is 0 Å². The molecule has 88 valence electrons. The third-order valence-electron chi connectivity index (χ3n) is 3.36. The topological polar surface area (TPSA) is 0 Å². The van der Waals surface area contributed by atoms with Crippen molar-refractivity contribution in [3.05, 3.63) is 83.9 Å². The molecule has 0 heteroatoms. The first-order valence-corrected chi connectivity index (χ1v) is 6.43. The summed E-state index contributed by atoms with van der Waals surface area (Å²) in [4.78, 5) is 0. The quantitative estimate of drug-likeness (QED) is 0.618. The normalized spacial score (nSPS) is 10.7. The summed E-state index contributed by atoms with van der Waals surface area (Å²) < 4.78 is 0. The Bertz CT molecular complexity index is 638. The molecule has 3 aromatic carbocycles. The molecular weight excluding hydrogens is 216 g/mol. The zero-order chi connectivity index (χ0) is 12.2. The predicted octanol–water partition coefficient (Wildman–Crippen LogP) is 4.63. The summed E-state index contributed by atoms with van der Waals surface area (Å²) in [7, 11) is 0. The van der Waals surface area contributed by atoms with E-state index in [1.54, 1.807) is 0 Å². The molecule has 0 N–H and O–H groups in total. The van der Waals surface area contributed by atoms with E-state index in [1.807, 2.05) is 0 Å². The lowest BCUT2D eigenvalue weighted by Gasteiger charge is -2.04. The highest BCUT2D eigenvalue weighted by Gasteiger charge is 1.97. The summed E-state index contributed by atoms with van der Waals surface area (Å²) in [6.07, 6.45) is 2.22. The Morgan fingerprint density at radius 1 is 0.500 bits per heavy atom. The molecule has 0 saturated heterocycles. The van der Waals surface area contributed by atoms with Crippen LogP contribution in [0.5, 0.6) is 0 Å². The zero-order valence-electron chi connectivity index (χ0n) is 10.3. The van der Waals surface area contributed by atoms with Gasteiger partial charge in [0.25, 0.3) is 0 Å². The molecule has 0 aliphatic heterocycles. The third-order valence-corrected chi connectivity index (χ3v) is 3.36. The van der Waals surface area contributed by atoms with Crippen molar-refractivity contribution in [1.29, 1.82) is 0 Å². The lowest BCUT2D eigenvalue weighted by Crippen LogP contribution is -1.90. The highest BCUT2D eigenvalue weighted by atomic mass is 14.0. The van der Waals surface area contributed by atoms with E-state index in [9.17, 15) is 0 Å². The number of rotatable bonds is 3. The maximum atomic E-state index is 2.30. The van der Waals surface area contributed by atoms with Crippen molar-refractivity contribution in [1.82, 2.24) is 0 Å². The lowest BCUT2D eigenvalue weighted by atomic mass is 10.0. The standard InChI is InChI=1S/C18H16/c1-2-6-15(7-3-1)10-11-16-12-13-17-8-4-5-9-18(17)14-16/h1-9,12-14H,10-11H2. The monoisotopic (exact) mass is 232 g/mol. The van der Waals surface area contributed by atoms with Gasteiger partial charge in [0.2, 0.25) is 0 Å². The second-order valence-corrected chi connectivity index (χ2v) is 4.67. The molecule has 0 nitrogen and oxygen atoms in total. The van der Waals surface area contributed by atoms with Crippen molar-refractivity contribution in [3.63, 3.8) is 0 Å². The highest BCUT2D eigenvalue weighted by molar-refractivity contribution is 5.82. The van der Waals surface area contributed by atoms with Crippen molar-refractivity contribution in [2.75, 3.05) is 0 Å². The van der Waals surface area contributed by atoms with Crippen molar-refractivity contribution in [3.8, 4) is 0 Å². The molecule has 0 saturated carbocycles. The van der Waals surface area contributed by atoms with Crippen LogP contribution >= 0.6 is 0 Å². The van der Waals surface area contributed by atoms with Crippen molar-refractivity contribution in [2.24, 2.45) is 0 Å². The summed E-state index contributed by atoms with van der Waals surface area (Å²) >= 11 is 0. The average Bonchev–Trinajstić information content (AvgIpc) is 2.46. The number of hydrogen-bond donors (Lipinski definition) is 0. The van der Waals surface area contributed by atoms with E-state index in [0.29, 0.717) is 0 Å². The van der Waals surface area contributed by atoms with E-state index in [2.05, 4.69) is 72.8 Å². The molecular formula is C18H16. The van der Waals surface area contributed by atoms with Crippen LogP contribution in [0.1, 0.15) is 11.1 Å². The molecule has 3 rings (SSSR count). The van der Waals surface area contributed by atoms with Gasteiger partial charge in [0, 0.05) is 0 Å². The Balaban J connectivity index is 1.79. The Morgan fingerprint density at radius 3 is 2.00 bits per heavy atom. The van der Waals surface area contributed by atoms with Gasteiger partial charge in [0.15, 0.2) is 0 Å². The van der Waals surface area contributed by atoms with Gasteiger partial charge in [0.05, 0.1) is 0 Å². The van der Waals surface area contributed by atoms with Crippen LogP contribution in [0.25, 0.3) is 10.8 Å². The minimum atomic E-state index is 1.11. The van der Waals surface area contributed by atoms with Crippen LogP contribution in [0.3, 0.4) is 0 Å². The summed E-state index contributed by atoms with van der Waals surface area (Å²) in [6, 6.07) is 26.0. The Hall–Kier alpha value is -2.08. The van der Waals surface area contributed by atoms with E-state index in [-0.39, 0.29) is 0 Å². The van der Waals surface area contributed by atoms with Gasteiger partial charge in [-0.05, 0) is 34.7 Å². The minimum absolute atomic E-state index is 1.11. The molecule has 0 amide bonds. The van der Waals surface area contributed by atoms with Crippen LogP contribution in [0.4, 0.5) is 0 Å². The number of benzene rings is 3. The molecule has 0 aliphatic rings. The summed E-state index contributed by atoms with van der Waals surface area (Å²) in [5.41, 5.74) is 2.82. The molecule has 0 spiro atoms. The largest absolute Gasteiger partial charge is 0.0622 e. The first kappa shape index (κ1) is 11.0. The van der Waals surface area contributed by atoms with E-state index in [4.69, 9.17) is 0 Å². The molecule has 0 heterocycles. The molecule has 0 bridgehead atoms. The van der Waals surface area contributed by atoms with Gasteiger partial charge >= 0.3 is 0 Å². The molecule has 0 aromatic heterocycles.